The van der Waals surface area contributed by atoms with E-state index in [9.17, 15) is 14.4 Å². The molecule has 1 amide bonds. The van der Waals surface area contributed by atoms with Crippen LogP contribution >= 0.6 is 0 Å². The van der Waals surface area contributed by atoms with Gasteiger partial charge in [0.05, 0.1) is 6.42 Å². The molecule has 0 saturated heterocycles. The average molecular weight is 252 g/mol. The highest BCUT2D eigenvalue weighted by Gasteiger charge is 2.29. The topological polar surface area (TPSA) is 88.4 Å². The molecule has 6 nitrogen and oxygen atoms in total. The fourth-order valence-corrected chi connectivity index (χ4v) is 1.50. The van der Waals surface area contributed by atoms with E-state index in [-0.39, 0.29) is 18.5 Å². The quantitative estimate of drug-likeness (QED) is 0.782. The lowest BCUT2D eigenvalue weighted by Crippen LogP contribution is -2.48. The van der Waals surface area contributed by atoms with Crippen molar-refractivity contribution in [2.75, 3.05) is 6.54 Å². The molecular formula is C12H16N2O4. The third-order valence-electron chi connectivity index (χ3n) is 2.60. The lowest BCUT2D eigenvalue weighted by molar-refractivity contribution is -0.137. The van der Waals surface area contributed by atoms with Crippen LogP contribution in [-0.2, 0) is 15.1 Å². The molecular weight excluding hydrogens is 236 g/mol. The lowest BCUT2D eigenvalue weighted by Gasteiger charge is -2.26. The number of nitrogens with one attached hydrogen (secondary N) is 1. The Hall–Kier alpha value is -2.11. The Labute approximate surface area is 104 Å². The maximum absolute atomic E-state index is 11.9. The van der Waals surface area contributed by atoms with Gasteiger partial charge >= 0.3 is 5.97 Å². The summed E-state index contributed by atoms with van der Waals surface area (Å²) >= 11 is 0. The Morgan fingerprint density at radius 3 is 2.61 bits per heavy atom. The zero-order valence-corrected chi connectivity index (χ0v) is 10.3. The van der Waals surface area contributed by atoms with Gasteiger partial charge in [0.25, 0.3) is 5.56 Å². The molecule has 0 bridgehead atoms. The number of aliphatic carboxylic acids is 1. The Bertz CT molecular complexity index is 505. The first-order valence-electron chi connectivity index (χ1n) is 5.54. The molecule has 98 valence electrons. The molecule has 0 fully saturated rings. The third-order valence-corrected chi connectivity index (χ3v) is 2.60. The minimum Gasteiger partial charge on any atom is -0.481 e. The van der Waals surface area contributed by atoms with Gasteiger partial charge in [0.1, 0.15) is 5.54 Å². The van der Waals surface area contributed by atoms with Crippen LogP contribution < -0.4 is 10.9 Å². The van der Waals surface area contributed by atoms with Crippen molar-refractivity contribution in [2.24, 2.45) is 0 Å². The van der Waals surface area contributed by atoms with Crippen molar-refractivity contribution in [1.29, 1.82) is 0 Å². The maximum Gasteiger partial charge on any atom is 0.305 e. The van der Waals surface area contributed by atoms with Crippen LogP contribution in [0.3, 0.4) is 0 Å². The van der Waals surface area contributed by atoms with Gasteiger partial charge in [0.15, 0.2) is 0 Å². The second-order valence-electron chi connectivity index (χ2n) is 4.37. The van der Waals surface area contributed by atoms with E-state index in [1.54, 1.807) is 26.0 Å². The van der Waals surface area contributed by atoms with Crippen LogP contribution in [0.2, 0.25) is 0 Å². The number of hydrogen-bond acceptors (Lipinski definition) is 3. The number of rotatable bonds is 5. The first-order chi connectivity index (χ1) is 8.35. The van der Waals surface area contributed by atoms with Crippen LogP contribution in [0.4, 0.5) is 0 Å². The number of pyridine rings is 1. The monoisotopic (exact) mass is 252 g/mol. The summed E-state index contributed by atoms with van der Waals surface area (Å²) in [5.41, 5.74) is -1.34. The molecule has 0 unspecified atom stereocenters. The van der Waals surface area contributed by atoms with Gasteiger partial charge in [-0.2, -0.15) is 0 Å². The summed E-state index contributed by atoms with van der Waals surface area (Å²) in [6.07, 6.45) is 1.38. The van der Waals surface area contributed by atoms with Crippen molar-refractivity contribution >= 4 is 11.9 Å². The summed E-state index contributed by atoms with van der Waals surface area (Å²) in [7, 11) is 0. The van der Waals surface area contributed by atoms with E-state index in [4.69, 9.17) is 5.11 Å². The molecule has 1 heterocycles. The number of hydrogen-bond donors (Lipinski definition) is 2. The van der Waals surface area contributed by atoms with Crippen molar-refractivity contribution in [3.63, 3.8) is 0 Å². The molecule has 0 aromatic carbocycles. The van der Waals surface area contributed by atoms with E-state index in [2.05, 4.69) is 5.32 Å². The summed E-state index contributed by atoms with van der Waals surface area (Å²) in [6, 6.07) is 4.62. The Morgan fingerprint density at radius 1 is 1.39 bits per heavy atom. The Kier molecular flexibility index (Phi) is 4.25. The number of nitrogens with zero attached hydrogens (tertiary/aromatic N) is 1. The molecule has 0 aliphatic rings. The Morgan fingerprint density at radius 2 is 2.06 bits per heavy atom. The van der Waals surface area contributed by atoms with Gasteiger partial charge in [-0.25, -0.2) is 0 Å². The van der Waals surface area contributed by atoms with Gasteiger partial charge in [0.2, 0.25) is 5.91 Å². The minimum atomic E-state index is -1.06. The van der Waals surface area contributed by atoms with Crippen LogP contribution in [0, 0.1) is 0 Å². The first-order valence-corrected chi connectivity index (χ1v) is 5.54. The SMILES string of the molecule is CC(C)(C(=O)NCCC(=O)O)n1ccccc1=O. The number of carboxylic acid groups (broad SMARTS) is 1. The third kappa shape index (κ3) is 3.19. The van der Waals surface area contributed by atoms with E-state index < -0.39 is 17.4 Å². The molecule has 1 rings (SSSR count). The summed E-state index contributed by atoms with van der Waals surface area (Å²) < 4.78 is 1.31. The normalized spacial score (nSPS) is 11.0. The average Bonchev–Trinajstić information content (AvgIpc) is 2.28. The van der Waals surface area contributed by atoms with Crippen LogP contribution in [0.25, 0.3) is 0 Å². The largest absolute Gasteiger partial charge is 0.481 e. The summed E-state index contributed by atoms with van der Waals surface area (Å²) in [4.78, 5) is 33.9. The zero-order chi connectivity index (χ0) is 13.8. The molecule has 0 aliphatic carbocycles. The fourth-order valence-electron chi connectivity index (χ4n) is 1.50. The molecule has 6 heteroatoms. The molecule has 0 atom stereocenters. The van der Waals surface area contributed by atoms with Crippen molar-refractivity contribution in [1.82, 2.24) is 9.88 Å². The first kappa shape index (κ1) is 14.0. The number of carbonyl (C=O) groups excluding carboxylic acids is 1. The number of carbonyl (C=O) groups is 2. The molecule has 0 aliphatic heterocycles. The van der Waals surface area contributed by atoms with Crippen LogP contribution in [0.5, 0.6) is 0 Å². The van der Waals surface area contributed by atoms with E-state index in [1.807, 2.05) is 0 Å². The Balaban J connectivity index is 2.80. The molecule has 0 spiro atoms. The highest BCUT2D eigenvalue weighted by atomic mass is 16.4. The fraction of sp³-hybridized carbons (Fsp3) is 0.417. The smallest absolute Gasteiger partial charge is 0.305 e. The highest BCUT2D eigenvalue weighted by molar-refractivity contribution is 5.84. The van der Waals surface area contributed by atoms with Crippen molar-refractivity contribution < 1.29 is 14.7 Å². The van der Waals surface area contributed by atoms with E-state index in [0.717, 1.165) is 0 Å². The molecule has 0 radical (unpaired) electrons. The molecule has 18 heavy (non-hydrogen) atoms. The van der Waals surface area contributed by atoms with E-state index in [1.165, 1.54) is 16.8 Å². The van der Waals surface area contributed by atoms with E-state index in [0.29, 0.717) is 0 Å². The number of aromatic nitrogens is 1. The second-order valence-corrected chi connectivity index (χ2v) is 4.37. The minimum absolute atomic E-state index is 0.0409. The summed E-state index contributed by atoms with van der Waals surface area (Å²) in [5, 5.41) is 11.0. The van der Waals surface area contributed by atoms with Gasteiger partial charge in [0, 0.05) is 18.8 Å². The lowest BCUT2D eigenvalue weighted by atomic mass is 10.0. The van der Waals surface area contributed by atoms with Gasteiger partial charge < -0.3 is 15.0 Å². The van der Waals surface area contributed by atoms with E-state index >= 15 is 0 Å². The maximum atomic E-state index is 11.9. The predicted octanol–water partition coefficient (Wildman–Crippen LogP) is 0.174. The molecule has 1 aromatic rings. The number of amides is 1. The predicted molar refractivity (Wildman–Crippen MR) is 65.3 cm³/mol. The van der Waals surface area contributed by atoms with Gasteiger partial charge in [-0.1, -0.05) is 6.07 Å². The standard InChI is InChI=1S/C12H16N2O4/c1-12(2,11(18)13-7-6-10(16)17)14-8-4-3-5-9(14)15/h3-5,8H,6-7H2,1-2H3,(H,13,18)(H,16,17). The summed E-state index contributed by atoms with van der Waals surface area (Å²) in [5.74, 6) is -1.37. The zero-order valence-electron chi connectivity index (χ0n) is 10.3. The molecule has 1 aromatic heterocycles. The highest BCUT2D eigenvalue weighted by Crippen LogP contribution is 2.12. The van der Waals surface area contributed by atoms with Crippen molar-refractivity contribution in [3.8, 4) is 0 Å². The molecule has 2 N–H and O–H groups in total. The van der Waals surface area contributed by atoms with Crippen molar-refractivity contribution in [2.45, 2.75) is 25.8 Å². The van der Waals surface area contributed by atoms with Crippen LogP contribution in [0.1, 0.15) is 20.3 Å². The second kappa shape index (κ2) is 5.48. The van der Waals surface area contributed by atoms with Crippen LogP contribution in [0.15, 0.2) is 29.2 Å². The van der Waals surface area contributed by atoms with Crippen LogP contribution in [-0.4, -0.2) is 28.1 Å². The molecule has 0 saturated carbocycles. The van der Waals surface area contributed by atoms with Gasteiger partial charge in [-0.05, 0) is 19.9 Å². The van der Waals surface area contributed by atoms with Gasteiger partial charge in [-0.3, -0.25) is 14.4 Å². The number of carboxylic acids is 1. The summed E-state index contributed by atoms with van der Waals surface area (Å²) in [6.45, 7) is 3.24. The van der Waals surface area contributed by atoms with Crippen molar-refractivity contribution in [3.05, 3.63) is 34.7 Å². The van der Waals surface area contributed by atoms with Gasteiger partial charge in [-0.15, -0.1) is 0 Å².